The molecular formula is C19H23FN2O2S. The molecule has 1 N–H and O–H groups in total. The number of halogens is 1. The lowest BCUT2D eigenvalue weighted by molar-refractivity contribution is 0.0862. The Morgan fingerprint density at radius 3 is 2.68 bits per heavy atom. The van der Waals surface area contributed by atoms with Crippen LogP contribution in [0, 0.1) is 5.82 Å². The van der Waals surface area contributed by atoms with E-state index in [1.165, 1.54) is 36.5 Å². The van der Waals surface area contributed by atoms with Crippen LogP contribution >= 0.6 is 11.8 Å². The van der Waals surface area contributed by atoms with Gasteiger partial charge in [0.15, 0.2) is 5.76 Å². The number of fused-ring (bicyclic) bond motifs is 1. The molecule has 0 bridgehead atoms. The number of carbonyl (C=O) groups excluding carboxylic acids is 1. The molecule has 0 aliphatic carbocycles. The van der Waals surface area contributed by atoms with Gasteiger partial charge in [0.2, 0.25) is 0 Å². The summed E-state index contributed by atoms with van der Waals surface area (Å²) in [5, 5.41) is 3.70. The number of furan rings is 1. The van der Waals surface area contributed by atoms with Crippen molar-refractivity contribution in [1.82, 2.24) is 10.2 Å². The lowest BCUT2D eigenvalue weighted by atomic mass is 10.0. The quantitative estimate of drug-likeness (QED) is 0.905. The summed E-state index contributed by atoms with van der Waals surface area (Å²) in [6.07, 6.45) is 4.53. The molecule has 2 aliphatic rings. The van der Waals surface area contributed by atoms with Gasteiger partial charge in [-0.1, -0.05) is 0 Å². The Balaban J connectivity index is 1.33. The first-order valence-electron chi connectivity index (χ1n) is 9.01. The number of nitrogens with one attached hydrogen (secondary N) is 1. The van der Waals surface area contributed by atoms with Crippen molar-refractivity contribution in [2.75, 3.05) is 24.6 Å². The highest BCUT2D eigenvalue weighted by Crippen LogP contribution is 2.25. The molecule has 0 spiro atoms. The predicted octanol–water partition coefficient (Wildman–Crippen LogP) is 3.66. The minimum absolute atomic E-state index is 0.187. The zero-order valence-corrected chi connectivity index (χ0v) is 15.0. The normalized spacial score (nSPS) is 20.8. The number of likely N-dealkylation sites (tertiary alicyclic amines) is 1. The molecule has 4 rings (SSSR count). The van der Waals surface area contributed by atoms with E-state index in [9.17, 15) is 9.18 Å². The Kier molecular flexibility index (Phi) is 4.99. The molecule has 0 atom stereocenters. The second-order valence-corrected chi connectivity index (χ2v) is 8.14. The number of benzene rings is 1. The summed E-state index contributed by atoms with van der Waals surface area (Å²) in [6, 6.07) is 6.81. The minimum atomic E-state index is -0.325. The Morgan fingerprint density at radius 2 is 1.92 bits per heavy atom. The highest BCUT2D eigenvalue weighted by atomic mass is 32.2. The van der Waals surface area contributed by atoms with E-state index < -0.39 is 0 Å². The first-order valence-corrected chi connectivity index (χ1v) is 10.2. The molecule has 1 aromatic carbocycles. The van der Waals surface area contributed by atoms with Gasteiger partial charge in [-0.3, -0.25) is 4.79 Å². The van der Waals surface area contributed by atoms with E-state index in [4.69, 9.17) is 4.42 Å². The summed E-state index contributed by atoms with van der Waals surface area (Å²) < 4.78 is 18.8. The van der Waals surface area contributed by atoms with Crippen LogP contribution in [0.1, 0.15) is 36.2 Å². The van der Waals surface area contributed by atoms with Crippen molar-refractivity contribution >= 4 is 28.6 Å². The van der Waals surface area contributed by atoms with E-state index in [2.05, 4.69) is 22.0 Å². The molecular weight excluding hydrogens is 339 g/mol. The summed E-state index contributed by atoms with van der Waals surface area (Å²) in [6.45, 7) is 2.09. The number of rotatable bonds is 3. The van der Waals surface area contributed by atoms with Crippen molar-refractivity contribution < 1.29 is 13.6 Å². The fourth-order valence-corrected chi connectivity index (χ4v) is 4.92. The smallest absolute Gasteiger partial charge is 0.287 e. The summed E-state index contributed by atoms with van der Waals surface area (Å²) in [7, 11) is 0. The van der Waals surface area contributed by atoms with Gasteiger partial charge < -0.3 is 14.6 Å². The van der Waals surface area contributed by atoms with Crippen molar-refractivity contribution in [1.29, 1.82) is 0 Å². The fraction of sp³-hybridized carbons (Fsp3) is 0.526. The maximum absolute atomic E-state index is 13.3. The summed E-state index contributed by atoms with van der Waals surface area (Å²) >= 11 is 2.05. The van der Waals surface area contributed by atoms with Crippen LogP contribution < -0.4 is 5.32 Å². The number of carbonyl (C=O) groups is 1. The van der Waals surface area contributed by atoms with Crippen LogP contribution in [-0.2, 0) is 0 Å². The fourth-order valence-electron chi connectivity index (χ4n) is 3.84. The van der Waals surface area contributed by atoms with Gasteiger partial charge in [0, 0.05) is 30.6 Å². The van der Waals surface area contributed by atoms with Crippen LogP contribution in [0.4, 0.5) is 4.39 Å². The average molecular weight is 362 g/mol. The maximum Gasteiger partial charge on any atom is 0.287 e. The SMILES string of the molecule is O=C(NC1CCN(C2CCSCC2)CC1)c1cc2cc(F)ccc2o1. The van der Waals surface area contributed by atoms with Crippen molar-refractivity contribution in [2.45, 2.75) is 37.8 Å². The number of piperidine rings is 1. The van der Waals surface area contributed by atoms with Gasteiger partial charge in [-0.25, -0.2) is 4.39 Å². The van der Waals surface area contributed by atoms with Crippen LogP contribution in [0.5, 0.6) is 0 Å². The number of hydrogen-bond acceptors (Lipinski definition) is 4. The summed E-state index contributed by atoms with van der Waals surface area (Å²) in [4.78, 5) is 15.0. The molecule has 134 valence electrons. The summed E-state index contributed by atoms with van der Waals surface area (Å²) in [5.41, 5.74) is 0.538. The Labute approximate surface area is 151 Å². The molecule has 2 saturated heterocycles. The van der Waals surface area contributed by atoms with Crippen molar-refractivity contribution in [3.63, 3.8) is 0 Å². The van der Waals surface area contributed by atoms with E-state index in [-0.39, 0.29) is 23.5 Å². The largest absolute Gasteiger partial charge is 0.451 e. The van der Waals surface area contributed by atoms with Gasteiger partial charge in [-0.2, -0.15) is 11.8 Å². The molecule has 2 fully saturated rings. The zero-order valence-electron chi connectivity index (χ0n) is 14.2. The number of thioether (sulfide) groups is 1. The minimum Gasteiger partial charge on any atom is -0.451 e. The van der Waals surface area contributed by atoms with Gasteiger partial charge >= 0.3 is 0 Å². The van der Waals surface area contributed by atoms with E-state index in [0.29, 0.717) is 11.0 Å². The highest BCUT2D eigenvalue weighted by Gasteiger charge is 2.27. The van der Waals surface area contributed by atoms with Gasteiger partial charge in [0.25, 0.3) is 5.91 Å². The zero-order chi connectivity index (χ0) is 17.2. The summed E-state index contributed by atoms with van der Waals surface area (Å²) in [5.74, 6) is 2.27. The Bertz CT molecular complexity index is 749. The predicted molar refractivity (Wildman–Crippen MR) is 98.6 cm³/mol. The molecule has 4 nitrogen and oxygen atoms in total. The van der Waals surface area contributed by atoms with Crippen LogP contribution in [0.2, 0.25) is 0 Å². The van der Waals surface area contributed by atoms with E-state index >= 15 is 0 Å². The van der Waals surface area contributed by atoms with Crippen LogP contribution in [0.3, 0.4) is 0 Å². The molecule has 0 unspecified atom stereocenters. The Hall–Kier alpha value is -1.53. The van der Waals surface area contributed by atoms with Gasteiger partial charge in [-0.05, 0) is 61.5 Å². The molecule has 3 heterocycles. The molecule has 2 aliphatic heterocycles. The van der Waals surface area contributed by atoms with Crippen LogP contribution in [0.15, 0.2) is 28.7 Å². The topological polar surface area (TPSA) is 45.5 Å². The van der Waals surface area contributed by atoms with E-state index in [1.807, 2.05) is 0 Å². The molecule has 0 radical (unpaired) electrons. The van der Waals surface area contributed by atoms with Crippen molar-refractivity contribution in [3.05, 3.63) is 35.8 Å². The first kappa shape index (κ1) is 16.9. The molecule has 6 heteroatoms. The Morgan fingerprint density at radius 1 is 1.16 bits per heavy atom. The average Bonchev–Trinajstić information content (AvgIpc) is 3.06. The second-order valence-electron chi connectivity index (χ2n) is 6.92. The van der Waals surface area contributed by atoms with Crippen molar-refractivity contribution in [3.8, 4) is 0 Å². The third-order valence-electron chi connectivity index (χ3n) is 5.27. The maximum atomic E-state index is 13.3. The monoisotopic (exact) mass is 362 g/mol. The second kappa shape index (κ2) is 7.38. The van der Waals surface area contributed by atoms with E-state index in [1.54, 1.807) is 12.1 Å². The molecule has 0 saturated carbocycles. The van der Waals surface area contributed by atoms with Crippen molar-refractivity contribution in [2.24, 2.45) is 0 Å². The number of amides is 1. The number of hydrogen-bond donors (Lipinski definition) is 1. The lowest BCUT2D eigenvalue weighted by Crippen LogP contribution is -2.48. The number of nitrogens with zero attached hydrogens (tertiary/aromatic N) is 1. The third-order valence-corrected chi connectivity index (χ3v) is 6.32. The van der Waals surface area contributed by atoms with E-state index in [0.717, 1.165) is 32.0 Å². The standard InChI is InChI=1S/C19H23FN2O2S/c20-14-1-2-17-13(11-14)12-18(24-17)19(23)21-15-3-7-22(8-4-15)16-5-9-25-10-6-16/h1-2,11-12,15-16H,3-10H2,(H,21,23). The first-order chi connectivity index (χ1) is 12.2. The van der Waals surface area contributed by atoms with Crippen LogP contribution in [-0.4, -0.2) is 47.5 Å². The lowest BCUT2D eigenvalue weighted by Gasteiger charge is -2.39. The van der Waals surface area contributed by atoms with Gasteiger partial charge in [0.1, 0.15) is 11.4 Å². The molecule has 1 aromatic heterocycles. The molecule has 2 aromatic rings. The van der Waals surface area contributed by atoms with Crippen LogP contribution in [0.25, 0.3) is 11.0 Å². The highest BCUT2D eigenvalue weighted by molar-refractivity contribution is 7.99. The van der Waals surface area contributed by atoms with Gasteiger partial charge in [0.05, 0.1) is 0 Å². The molecule has 25 heavy (non-hydrogen) atoms. The third kappa shape index (κ3) is 3.85. The van der Waals surface area contributed by atoms with Gasteiger partial charge in [-0.15, -0.1) is 0 Å². The molecule has 1 amide bonds.